The topological polar surface area (TPSA) is 63.2 Å². The number of aromatic nitrogens is 2. The molecule has 0 bridgehead atoms. The molecule has 2 aromatic heterocycles. The number of nitrogens with zero attached hydrogens (tertiary/aromatic N) is 3. The molecule has 3 aromatic rings. The number of carbonyl (C=O) groups is 2. The summed E-state index contributed by atoms with van der Waals surface area (Å²) < 4.78 is 93.0. The fourth-order valence-electron chi connectivity index (χ4n) is 3.46. The van der Waals surface area contributed by atoms with Crippen LogP contribution in [0.2, 0.25) is 0 Å². The second-order valence-corrected chi connectivity index (χ2v) is 6.66. The van der Waals surface area contributed by atoms with Gasteiger partial charge in [-0.2, -0.15) is 0 Å². The Hall–Kier alpha value is -3.08. The summed E-state index contributed by atoms with van der Waals surface area (Å²) in [5, 5.41) is 0.493. The minimum atomic E-state index is -3.60. The summed E-state index contributed by atoms with van der Waals surface area (Å²) in [7, 11) is 0. The van der Waals surface area contributed by atoms with Gasteiger partial charge >= 0.3 is 0 Å². The van der Waals surface area contributed by atoms with Gasteiger partial charge in [0.15, 0.2) is 5.65 Å². The fourth-order valence-corrected chi connectivity index (χ4v) is 3.46. The third-order valence-electron chi connectivity index (χ3n) is 4.75. The van der Waals surface area contributed by atoms with Crippen molar-refractivity contribution in [2.75, 3.05) is 4.90 Å². The summed E-state index contributed by atoms with van der Waals surface area (Å²) in [6, 6.07) is 11.2. The van der Waals surface area contributed by atoms with Crippen molar-refractivity contribution in [1.29, 1.82) is 0 Å². The van der Waals surface area contributed by atoms with Crippen molar-refractivity contribution in [2.24, 2.45) is 5.89 Å². The third kappa shape index (κ3) is 3.77. The van der Waals surface area contributed by atoms with Crippen LogP contribution >= 0.6 is 0 Å². The highest BCUT2D eigenvalue weighted by molar-refractivity contribution is 6.11. The molecule has 0 fully saturated rings. The predicted molar refractivity (Wildman–Crippen MR) is 114 cm³/mol. The molecule has 4 rings (SSSR count). The summed E-state index contributed by atoms with van der Waals surface area (Å²) in [6.45, 7) is -9.67. The second kappa shape index (κ2) is 7.74. The summed E-state index contributed by atoms with van der Waals surface area (Å²) in [5.41, 5.74) is 0.471. The molecule has 1 amide bonds. The Kier molecular flexibility index (Phi) is 2.57. The van der Waals surface area contributed by atoms with E-state index in [0.29, 0.717) is 10.9 Å². The van der Waals surface area contributed by atoms with E-state index in [4.69, 9.17) is 16.4 Å². The van der Waals surface area contributed by atoms with Crippen molar-refractivity contribution in [3.63, 3.8) is 0 Å². The van der Waals surface area contributed by atoms with Crippen LogP contribution in [0.25, 0.3) is 11.0 Å². The van der Waals surface area contributed by atoms with E-state index in [-0.39, 0.29) is 22.7 Å². The van der Waals surface area contributed by atoms with E-state index in [9.17, 15) is 9.59 Å². The van der Waals surface area contributed by atoms with Gasteiger partial charge in [-0.15, -0.1) is 0 Å². The van der Waals surface area contributed by atoms with Gasteiger partial charge in [0, 0.05) is 45.9 Å². The molecular formula is C24H25N3O2. The molecule has 0 aliphatic carbocycles. The Morgan fingerprint density at radius 3 is 2.86 bits per heavy atom. The lowest BCUT2D eigenvalue weighted by Gasteiger charge is -2.24. The number of benzene rings is 1. The number of amides is 1. The van der Waals surface area contributed by atoms with Crippen LogP contribution in [0.15, 0.2) is 48.5 Å². The van der Waals surface area contributed by atoms with E-state index >= 15 is 0 Å². The zero-order chi connectivity index (χ0) is 30.8. The number of carbonyl (C=O) groups excluding carboxylic acids is 2. The molecule has 1 aromatic carbocycles. The third-order valence-corrected chi connectivity index (χ3v) is 4.75. The highest BCUT2D eigenvalue weighted by atomic mass is 16.2. The first-order valence-electron chi connectivity index (χ1n) is 14.9. The number of anilines is 1. The first-order chi connectivity index (χ1) is 18.7. The van der Waals surface area contributed by atoms with E-state index in [1.807, 2.05) is 0 Å². The summed E-state index contributed by atoms with van der Waals surface area (Å²) in [5.74, 6) is -5.02. The second-order valence-electron chi connectivity index (χ2n) is 6.66. The molecular weight excluding hydrogens is 362 g/mol. The molecule has 29 heavy (non-hydrogen) atoms. The monoisotopic (exact) mass is 399 g/mol. The lowest BCUT2D eigenvalue weighted by atomic mass is 9.97. The van der Waals surface area contributed by atoms with E-state index in [1.54, 1.807) is 24.3 Å². The van der Waals surface area contributed by atoms with Crippen molar-refractivity contribution in [2.45, 2.75) is 45.8 Å². The number of Topliss-reactive ketones (excluding diaryl/α,β-unsaturated/α-hetero) is 1. The van der Waals surface area contributed by atoms with Gasteiger partial charge in [0.05, 0.1) is 6.04 Å². The molecule has 0 N–H and O–H groups in total. The van der Waals surface area contributed by atoms with Gasteiger partial charge in [0.2, 0.25) is 0 Å². The standard InChI is InChI=1S/C24H25N3O2/c1-15(2)8-12-18(28)14-21-19-6-4-5-7-20(19)24(29)27(21)22-13-11-17-10-9-16(3)25-23(17)26-22/h4-7,9-11,13,15,21H,8,12,14H2,1-3H3/t21-/m0/s1/i1D3,2D3,3D3,8D2,15D. The molecule has 0 saturated carbocycles. The van der Waals surface area contributed by atoms with Gasteiger partial charge in [-0.25, -0.2) is 9.97 Å². The highest BCUT2D eigenvalue weighted by Gasteiger charge is 2.39. The van der Waals surface area contributed by atoms with Crippen molar-refractivity contribution in [3.05, 3.63) is 65.4 Å². The van der Waals surface area contributed by atoms with Crippen LogP contribution < -0.4 is 4.90 Å². The highest BCUT2D eigenvalue weighted by Crippen LogP contribution is 2.39. The molecule has 0 unspecified atom stereocenters. The van der Waals surface area contributed by atoms with E-state index in [1.165, 1.54) is 29.2 Å². The molecule has 1 aliphatic rings. The van der Waals surface area contributed by atoms with Crippen LogP contribution in [0.1, 0.15) is 77.0 Å². The normalized spacial score (nSPS) is 24.2. The van der Waals surface area contributed by atoms with Gasteiger partial charge in [-0.3, -0.25) is 14.5 Å². The van der Waals surface area contributed by atoms with Gasteiger partial charge in [-0.05, 0) is 55.0 Å². The summed E-state index contributed by atoms with van der Waals surface area (Å²) in [4.78, 5) is 36.4. The van der Waals surface area contributed by atoms with Gasteiger partial charge in [0.25, 0.3) is 5.91 Å². The molecule has 0 saturated heterocycles. The van der Waals surface area contributed by atoms with Crippen LogP contribution in [0.3, 0.4) is 0 Å². The van der Waals surface area contributed by atoms with Crippen molar-refractivity contribution < 1.29 is 26.0 Å². The number of pyridine rings is 2. The number of hydrogen-bond acceptors (Lipinski definition) is 4. The largest absolute Gasteiger partial charge is 0.300 e. The predicted octanol–water partition coefficient (Wildman–Crippen LogP) is 5.04. The molecule has 1 aliphatic heterocycles. The zero-order valence-corrected chi connectivity index (χ0v) is 15.3. The molecule has 3 heterocycles. The smallest absolute Gasteiger partial charge is 0.260 e. The zero-order valence-electron chi connectivity index (χ0n) is 27.3. The maximum atomic E-state index is 13.5. The lowest BCUT2D eigenvalue weighted by molar-refractivity contribution is -0.119. The van der Waals surface area contributed by atoms with Crippen molar-refractivity contribution in [1.82, 2.24) is 9.97 Å². The Bertz CT molecular complexity index is 1500. The van der Waals surface area contributed by atoms with Crippen LogP contribution in [0.4, 0.5) is 5.82 Å². The molecule has 0 spiro atoms. The molecule has 148 valence electrons. The minimum Gasteiger partial charge on any atom is -0.300 e. The van der Waals surface area contributed by atoms with Crippen LogP contribution in [0.5, 0.6) is 0 Å². The first kappa shape index (κ1) is 9.61. The Morgan fingerprint density at radius 1 is 1.21 bits per heavy atom. The Labute approximate surface area is 187 Å². The minimum absolute atomic E-state index is 0.0366. The maximum Gasteiger partial charge on any atom is 0.260 e. The number of aryl methyl sites for hydroxylation is 1. The van der Waals surface area contributed by atoms with Crippen LogP contribution in [-0.4, -0.2) is 21.7 Å². The number of rotatable bonds is 6. The fraction of sp³-hybridized carbons (Fsp3) is 0.333. The molecule has 5 heteroatoms. The van der Waals surface area contributed by atoms with Crippen LogP contribution in [0, 0.1) is 12.7 Å². The first-order valence-corrected chi connectivity index (χ1v) is 8.91. The van der Waals surface area contributed by atoms with Gasteiger partial charge in [0.1, 0.15) is 11.6 Å². The number of ketones is 1. The van der Waals surface area contributed by atoms with E-state index < -0.39 is 63.4 Å². The summed E-state index contributed by atoms with van der Waals surface area (Å²) >= 11 is 0. The lowest BCUT2D eigenvalue weighted by Crippen LogP contribution is -2.30. The van der Waals surface area contributed by atoms with Crippen LogP contribution in [-0.2, 0) is 4.79 Å². The number of hydrogen-bond donors (Lipinski definition) is 0. The Balaban J connectivity index is 1.72. The molecule has 1 atom stereocenters. The number of fused-ring (bicyclic) bond motifs is 2. The molecule has 0 radical (unpaired) electrons. The maximum absolute atomic E-state index is 13.5. The summed E-state index contributed by atoms with van der Waals surface area (Å²) in [6.07, 6.45) is -5.03. The van der Waals surface area contributed by atoms with Crippen molar-refractivity contribution in [3.8, 4) is 0 Å². The average Bonchev–Trinajstić information content (AvgIpc) is 3.11. The Morgan fingerprint density at radius 2 is 2.03 bits per heavy atom. The van der Waals surface area contributed by atoms with Crippen molar-refractivity contribution >= 4 is 28.5 Å². The molecule has 5 nitrogen and oxygen atoms in total. The van der Waals surface area contributed by atoms with Gasteiger partial charge < -0.3 is 0 Å². The SMILES string of the molecule is [2H]C([2H])([2H])c1ccc2ccc(N3C(=O)c4ccccc4[C@@H]3CC(=O)CC([2H])([2H])C([2H])(C([2H])([2H])[2H])C([2H])([2H])[2H])nc2n1. The van der Waals surface area contributed by atoms with Gasteiger partial charge in [-0.1, -0.05) is 31.9 Å². The van der Waals surface area contributed by atoms with E-state index in [0.717, 1.165) is 0 Å². The van der Waals surface area contributed by atoms with E-state index in [2.05, 4.69) is 9.97 Å². The average molecular weight is 400 g/mol. The quantitative estimate of drug-likeness (QED) is 0.583.